The van der Waals surface area contributed by atoms with Crippen LogP contribution in [0.5, 0.6) is 11.5 Å². The van der Waals surface area contributed by atoms with Crippen molar-refractivity contribution in [2.75, 3.05) is 45.1 Å². The van der Waals surface area contributed by atoms with E-state index in [2.05, 4.69) is 24.4 Å². The molecule has 0 radical (unpaired) electrons. The van der Waals surface area contributed by atoms with Gasteiger partial charge in [-0.05, 0) is 67.5 Å². The fourth-order valence-corrected chi connectivity index (χ4v) is 8.18. The lowest BCUT2D eigenvalue weighted by Gasteiger charge is -2.68. The number of benzene rings is 2. The largest absolute Gasteiger partial charge is 0.457 e. The van der Waals surface area contributed by atoms with E-state index in [1.165, 1.54) is 51.9 Å². The fraction of sp³-hybridized carbons (Fsp3) is 0.469. The van der Waals surface area contributed by atoms with E-state index in [4.69, 9.17) is 20.3 Å². The van der Waals surface area contributed by atoms with E-state index in [-0.39, 0.29) is 0 Å². The zero-order valence-corrected chi connectivity index (χ0v) is 23.2. The van der Waals surface area contributed by atoms with Crippen LogP contribution >= 0.6 is 0 Å². The lowest BCUT2D eigenvalue weighted by molar-refractivity contribution is -0.204. The molecule has 9 nitrogen and oxygen atoms in total. The summed E-state index contributed by atoms with van der Waals surface area (Å²) in [6, 6.07) is 19.7. The minimum Gasteiger partial charge on any atom is -0.457 e. The molecule has 5 aliphatic rings. The molecule has 9 rings (SSSR count). The molecule has 3 saturated heterocycles. The van der Waals surface area contributed by atoms with Gasteiger partial charge >= 0.3 is 0 Å². The van der Waals surface area contributed by atoms with E-state index in [9.17, 15) is 0 Å². The summed E-state index contributed by atoms with van der Waals surface area (Å²) in [5.41, 5.74) is 10.1. The number of nitrogens with zero attached hydrogens (tertiary/aromatic N) is 6. The Hall–Kier alpha value is -3.53. The maximum absolute atomic E-state index is 6.39. The van der Waals surface area contributed by atoms with Crippen LogP contribution in [-0.2, 0) is 4.74 Å². The van der Waals surface area contributed by atoms with Gasteiger partial charge in [-0.15, -0.1) is 0 Å². The van der Waals surface area contributed by atoms with Crippen LogP contribution in [-0.4, -0.2) is 81.0 Å². The summed E-state index contributed by atoms with van der Waals surface area (Å²) >= 11 is 0. The van der Waals surface area contributed by atoms with Gasteiger partial charge in [-0.1, -0.05) is 18.2 Å². The third-order valence-electron chi connectivity index (χ3n) is 10.5. The van der Waals surface area contributed by atoms with Gasteiger partial charge in [0.15, 0.2) is 5.65 Å². The number of aromatic nitrogens is 4. The number of hydrogen-bond donors (Lipinski definition) is 1. The zero-order valence-electron chi connectivity index (χ0n) is 23.2. The summed E-state index contributed by atoms with van der Waals surface area (Å²) in [6.45, 7) is 7.01. The Labute approximate surface area is 239 Å². The molecular weight excluding hydrogens is 514 g/mol. The highest BCUT2D eigenvalue weighted by atomic mass is 16.5. The van der Waals surface area contributed by atoms with Crippen LogP contribution in [0.3, 0.4) is 0 Å². The van der Waals surface area contributed by atoms with Gasteiger partial charge in [-0.25, -0.2) is 14.6 Å². The average Bonchev–Trinajstić information content (AvgIpc) is 3.24. The van der Waals surface area contributed by atoms with E-state index in [1.54, 1.807) is 6.33 Å². The molecule has 0 amide bonds. The Morgan fingerprint density at radius 1 is 0.756 bits per heavy atom. The van der Waals surface area contributed by atoms with Gasteiger partial charge in [-0.2, -0.15) is 5.10 Å². The van der Waals surface area contributed by atoms with E-state index < -0.39 is 0 Å². The van der Waals surface area contributed by atoms with Crippen LogP contribution in [0, 0.1) is 10.8 Å². The van der Waals surface area contributed by atoms with Gasteiger partial charge < -0.3 is 15.2 Å². The molecule has 0 unspecified atom stereocenters. The Morgan fingerprint density at radius 2 is 1.41 bits per heavy atom. The van der Waals surface area contributed by atoms with Crippen LogP contribution < -0.4 is 10.5 Å². The molecule has 0 atom stereocenters. The number of para-hydroxylation sites is 1. The van der Waals surface area contributed by atoms with Crippen LogP contribution in [0.2, 0.25) is 0 Å². The van der Waals surface area contributed by atoms with Crippen molar-refractivity contribution in [3.63, 3.8) is 0 Å². The summed E-state index contributed by atoms with van der Waals surface area (Å²) < 4.78 is 13.5. The maximum atomic E-state index is 6.39. The first-order chi connectivity index (χ1) is 20.1. The molecular formula is C32H35N7O2. The minimum atomic E-state index is 0.356. The van der Waals surface area contributed by atoms with Gasteiger partial charge in [-0.3, -0.25) is 9.80 Å². The molecule has 210 valence electrons. The Balaban J connectivity index is 0.869. The highest BCUT2D eigenvalue weighted by molar-refractivity contribution is 5.98. The van der Waals surface area contributed by atoms with Crippen molar-refractivity contribution < 1.29 is 9.47 Å². The number of nitrogen functional groups attached to an aromatic ring is 1. The van der Waals surface area contributed by atoms with Crippen molar-refractivity contribution >= 4 is 16.9 Å². The van der Waals surface area contributed by atoms with Gasteiger partial charge in [0.2, 0.25) is 0 Å². The molecule has 2 aromatic carbocycles. The van der Waals surface area contributed by atoms with E-state index in [0.717, 1.165) is 53.0 Å². The second-order valence-electron chi connectivity index (χ2n) is 13.3. The minimum absolute atomic E-state index is 0.356. The van der Waals surface area contributed by atoms with Gasteiger partial charge in [0.25, 0.3) is 0 Å². The predicted octanol–water partition coefficient (Wildman–Crippen LogP) is 4.37. The van der Waals surface area contributed by atoms with Crippen molar-refractivity contribution in [2.24, 2.45) is 10.8 Å². The normalized spacial score (nSPS) is 29.0. The Morgan fingerprint density at radius 3 is 2.10 bits per heavy atom. The van der Waals surface area contributed by atoms with Crippen molar-refractivity contribution in [1.82, 2.24) is 29.5 Å². The number of anilines is 1. The van der Waals surface area contributed by atoms with E-state index in [1.807, 2.05) is 54.6 Å². The highest BCUT2D eigenvalue weighted by Gasteiger charge is 2.61. The molecule has 2 aromatic heterocycles. The van der Waals surface area contributed by atoms with Crippen molar-refractivity contribution in [1.29, 1.82) is 0 Å². The van der Waals surface area contributed by atoms with Gasteiger partial charge in [0, 0.05) is 43.2 Å². The second kappa shape index (κ2) is 8.74. The standard InChI is InChI=1S/C32H35N7O2/c33-29-27-28(21-6-8-26(9-7-21)41-25-4-2-1-3-5-25)36-39(30(27)35-20-34-29)23-12-31(13-23)10-22(11-31)37-16-32(17-37)18-38(19-32)24-14-40-15-24/h1-9,20,22-24H,10-19H2,(H2,33,34,35). The molecule has 5 heterocycles. The summed E-state index contributed by atoms with van der Waals surface area (Å²) in [7, 11) is 0. The zero-order chi connectivity index (χ0) is 27.2. The lowest BCUT2D eigenvalue weighted by Crippen LogP contribution is -2.77. The van der Waals surface area contributed by atoms with Crippen LogP contribution in [0.25, 0.3) is 22.3 Å². The van der Waals surface area contributed by atoms with Crippen LogP contribution in [0.1, 0.15) is 31.7 Å². The predicted molar refractivity (Wildman–Crippen MR) is 156 cm³/mol. The first-order valence-corrected chi connectivity index (χ1v) is 14.9. The molecule has 3 aliphatic heterocycles. The third kappa shape index (κ3) is 3.82. The van der Waals surface area contributed by atoms with Gasteiger partial charge in [0.05, 0.1) is 30.7 Å². The molecule has 2 saturated carbocycles. The molecule has 2 N–H and O–H groups in total. The van der Waals surface area contributed by atoms with Crippen molar-refractivity contribution in [2.45, 2.75) is 43.8 Å². The van der Waals surface area contributed by atoms with E-state index in [0.29, 0.717) is 28.7 Å². The quantitative estimate of drug-likeness (QED) is 0.379. The maximum Gasteiger partial charge on any atom is 0.164 e. The second-order valence-corrected chi connectivity index (χ2v) is 13.3. The van der Waals surface area contributed by atoms with Gasteiger partial charge in [0.1, 0.15) is 29.3 Å². The number of fused-ring (bicyclic) bond motifs is 1. The number of rotatable bonds is 6. The highest BCUT2D eigenvalue weighted by Crippen LogP contribution is 2.63. The average molecular weight is 550 g/mol. The molecule has 9 heteroatoms. The Bertz CT molecular complexity index is 1590. The smallest absolute Gasteiger partial charge is 0.164 e. The van der Waals surface area contributed by atoms with E-state index >= 15 is 0 Å². The third-order valence-corrected chi connectivity index (χ3v) is 10.5. The molecule has 2 spiro atoms. The Kier molecular flexibility index (Phi) is 5.14. The summed E-state index contributed by atoms with van der Waals surface area (Å²) in [6.07, 6.45) is 6.55. The molecule has 5 fully saturated rings. The number of hydrogen-bond acceptors (Lipinski definition) is 8. The summed E-state index contributed by atoms with van der Waals surface area (Å²) in [5.74, 6) is 2.07. The first kappa shape index (κ1) is 24.1. The molecule has 41 heavy (non-hydrogen) atoms. The molecule has 0 bridgehead atoms. The number of ether oxygens (including phenoxy) is 2. The SMILES string of the molecule is Nc1ncnc2c1c(-c1ccc(Oc3ccccc3)cc1)nn2C1CC2(CC(N3CC4(CN(C5COC5)C4)C3)C2)C1. The van der Waals surface area contributed by atoms with Crippen LogP contribution in [0.4, 0.5) is 5.82 Å². The van der Waals surface area contributed by atoms with Crippen molar-refractivity contribution in [3.8, 4) is 22.8 Å². The lowest BCUT2D eigenvalue weighted by atomic mass is 9.51. The topological polar surface area (TPSA) is 94.6 Å². The number of likely N-dealkylation sites (tertiary alicyclic amines) is 2. The molecule has 4 aromatic rings. The summed E-state index contributed by atoms with van der Waals surface area (Å²) in [5, 5.41) is 5.94. The van der Waals surface area contributed by atoms with Crippen molar-refractivity contribution in [3.05, 3.63) is 60.9 Å². The van der Waals surface area contributed by atoms with Crippen LogP contribution in [0.15, 0.2) is 60.9 Å². The number of nitrogens with two attached hydrogens (primary N) is 1. The monoisotopic (exact) mass is 549 g/mol. The first-order valence-electron chi connectivity index (χ1n) is 14.9. The fourth-order valence-electron chi connectivity index (χ4n) is 8.18. The molecule has 2 aliphatic carbocycles. The summed E-state index contributed by atoms with van der Waals surface area (Å²) in [4.78, 5) is 14.3.